The number of ether oxygens (including phenoxy) is 1. The molecular formula is C20H23N5O3. The number of nitrogens with one attached hydrogen (secondary N) is 1. The van der Waals surface area contributed by atoms with Gasteiger partial charge in [-0.2, -0.15) is 5.10 Å². The number of aromatic amines is 1. The number of para-hydroxylation sites is 1. The van der Waals surface area contributed by atoms with Crippen molar-refractivity contribution in [3.63, 3.8) is 0 Å². The molecule has 28 heavy (non-hydrogen) atoms. The molecule has 1 aromatic carbocycles. The van der Waals surface area contributed by atoms with Crippen LogP contribution >= 0.6 is 0 Å². The highest BCUT2D eigenvalue weighted by atomic mass is 16.5. The minimum atomic E-state index is -0.209. The second-order valence-corrected chi connectivity index (χ2v) is 7.32. The van der Waals surface area contributed by atoms with Crippen LogP contribution in [-0.2, 0) is 24.8 Å². The van der Waals surface area contributed by atoms with Crippen LogP contribution < -0.4 is 5.56 Å². The number of nitrogens with zero attached hydrogens (tertiary/aromatic N) is 4. The number of benzene rings is 1. The zero-order valence-corrected chi connectivity index (χ0v) is 16.4. The highest BCUT2D eigenvalue weighted by Crippen LogP contribution is 2.31. The van der Waals surface area contributed by atoms with Gasteiger partial charge in [-0.1, -0.05) is 12.1 Å². The highest BCUT2D eigenvalue weighted by Gasteiger charge is 2.32. The second kappa shape index (κ2) is 6.87. The molecule has 0 bridgehead atoms. The van der Waals surface area contributed by atoms with Gasteiger partial charge in [-0.25, -0.2) is 4.98 Å². The largest absolute Gasteiger partial charge is 0.369 e. The van der Waals surface area contributed by atoms with Crippen LogP contribution in [0.1, 0.15) is 47.5 Å². The van der Waals surface area contributed by atoms with E-state index in [1.165, 1.54) is 0 Å². The Morgan fingerprint density at radius 1 is 1.36 bits per heavy atom. The lowest BCUT2D eigenvalue weighted by molar-refractivity contribution is -0.00713. The van der Waals surface area contributed by atoms with E-state index in [-0.39, 0.29) is 30.2 Å². The number of hydrogen-bond acceptors (Lipinski definition) is 5. The summed E-state index contributed by atoms with van der Waals surface area (Å²) >= 11 is 0. The molecule has 0 unspecified atom stereocenters. The van der Waals surface area contributed by atoms with Crippen LogP contribution in [0.5, 0.6) is 0 Å². The number of aromatic nitrogens is 4. The summed E-state index contributed by atoms with van der Waals surface area (Å²) in [5.74, 6) is 0.286. The molecule has 0 aliphatic carbocycles. The van der Waals surface area contributed by atoms with Crippen LogP contribution in [0.2, 0.25) is 0 Å². The molecule has 3 aromatic rings. The first kappa shape index (κ1) is 18.4. The van der Waals surface area contributed by atoms with Gasteiger partial charge >= 0.3 is 0 Å². The number of H-pyrrole nitrogens is 1. The van der Waals surface area contributed by atoms with E-state index in [9.17, 15) is 9.59 Å². The van der Waals surface area contributed by atoms with E-state index in [1.54, 1.807) is 41.9 Å². The molecule has 0 fully saturated rings. The lowest BCUT2D eigenvalue weighted by Crippen LogP contribution is -2.31. The summed E-state index contributed by atoms with van der Waals surface area (Å²) in [6, 6.07) is 7.15. The van der Waals surface area contributed by atoms with Gasteiger partial charge in [0.05, 0.1) is 35.3 Å². The molecule has 2 atom stereocenters. The minimum Gasteiger partial charge on any atom is -0.369 e. The van der Waals surface area contributed by atoms with Gasteiger partial charge in [0.2, 0.25) is 0 Å². The molecule has 0 saturated heterocycles. The molecule has 1 aliphatic rings. The molecule has 146 valence electrons. The van der Waals surface area contributed by atoms with Crippen molar-refractivity contribution in [3.8, 4) is 0 Å². The third-order valence-corrected chi connectivity index (χ3v) is 5.09. The number of amides is 1. The fraction of sp³-hybridized carbons (Fsp3) is 0.400. The third-order valence-electron chi connectivity index (χ3n) is 5.09. The Hall–Kier alpha value is -3.00. The fourth-order valence-corrected chi connectivity index (χ4v) is 3.82. The molecule has 1 aliphatic heterocycles. The number of carbonyl (C=O) groups excluding carboxylic acids is 1. The van der Waals surface area contributed by atoms with Gasteiger partial charge in [0.1, 0.15) is 11.5 Å². The molecule has 0 saturated carbocycles. The average molecular weight is 381 g/mol. The molecule has 2 aromatic heterocycles. The van der Waals surface area contributed by atoms with Crippen LogP contribution in [0.3, 0.4) is 0 Å². The van der Waals surface area contributed by atoms with Crippen LogP contribution in [0.15, 0.2) is 29.1 Å². The summed E-state index contributed by atoms with van der Waals surface area (Å²) in [7, 11) is 3.47. The van der Waals surface area contributed by atoms with Crippen molar-refractivity contribution in [1.82, 2.24) is 24.6 Å². The lowest BCUT2D eigenvalue weighted by Gasteiger charge is -2.25. The summed E-state index contributed by atoms with van der Waals surface area (Å²) in [6.45, 7) is 4.14. The summed E-state index contributed by atoms with van der Waals surface area (Å²) in [4.78, 5) is 34.2. The Morgan fingerprint density at radius 3 is 2.89 bits per heavy atom. The molecular weight excluding hydrogens is 358 g/mol. The zero-order valence-electron chi connectivity index (χ0n) is 16.4. The topological polar surface area (TPSA) is 93.1 Å². The van der Waals surface area contributed by atoms with Gasteiger partial charge in [0.15, 0.2) is 0 Å². The van der Waals surface area contributed by atoms with Gasteiger partial charge < -0.3 is 14.6 Å². The van der Waals surface area contributed by atoms with Crippen LogP contribution in [0.4, 0.5) is 0 Å². The Balaban J connectivity index is 1.64. The van der Waals surface area contributed by atoms with Gasteiger partial charge in [0, 0.05) is 26.1 Å². The summed E-state index contributed by atoms with van der Waals surface area (Å²) in [6.07, 6.45) is 0.533. The maximum absolute atomic E-state index is 13.2. The first-order valence-corrected chi connectivity index (χ1v) is 9.29. The van der Waals surface area contributed by atoms with Crippen LogP contribution in [0.25, 0.3) is 10.9 Å². The van der Waals surface area contributed by atoms with Crippen molar-refractivity contribution in [1.29, 1.82) is 0 Å². The zero-order chi connectivity index (χ0) is 20.0. The molecule has 1 N–H and O–H groups in total. The SMILES string of the molecule is C[C@@H]1Cc2c(nn(C)c2C(=O)N(C)Cc2nc3ccccc3c(=O)[nH]2)[C@H](C)O1. The highest BCUT2D eigenvalue weighted by molar-refractivity contribution is 5.94. The van der Waals surface area contributed by atoms with E-state index < -0.39 is 0 Å². The van der Waals surface area contributed by atoms with Crippen molar-refractivity contribution in [2.45, 2.75) is 39.0 Å². The summed E-state index contributed by atoms with van der Waals surface area (Å²) < 4.78 is 7.44. The van der Waals surface area contributed by atoms with Gasteiger partial charge in [0.25, 0.3) is 11.5 Å². The van der Waals surface area contributed by atoms with Crippen molar-refractivity contribution >= 4 is 16.8 Å². The Kier molecular flexibility index (Phi) is 4.50. The van der Waals surface area contributed by atoms with E-state index in [0.717, 1.165) is 11.3 Å². The van der Waals surface area contributed by atoms with Crippen LogP contribution in [0, 0.1) is 0 Å². The van der Waals surface area contributed by atoms with E-state index in [2.05, 4.69) is 15.1 Å². The molecule has 0 spiro atoms. The molecule has 1 amide bonds. The lowest BCUT2D eigenvalue weighted by atomic mass is 9.99. The van der Waals surface area contributed by atoms with Crippen molar-refractivity contribution < 1.29 is 9.53 Å². The molecule has 8 nitrogen and oxygen atoms in total. The minimum absolute atomic E-state index is 0.0297. The molecule has 4 rings (SSSR count). The van der Waals surface area contributed by atoms with Crippen molar-refractivity contribution in [2.24, 2.45) is 7.05 Å². The summed E-state index contributed by atoms with van der Waals surface area (Å²) in [5.41, 5.74) is 2.71. The smallest absolute Gasteiger partial charge is 0.272 e. The van der Waals surface area contributed by atoms with E-state index in [4.69, 9.17) is 4.74 Å². The number of hydrogen-bond donors (Lipinski definition) is 1. The average Bonchev–Trinajstić information content (AvgIpc) is 2.97. The Labute approximate surface area is 162 Å². The third kappa shape index (κ3) is 3.09. The number of fused-ring (bicyclic) bond motifs is 2. The van der Waals surface area contributed by atoms with Gasteiger partial charge in [-0.05, 0) is 26.0 Å². The number of rotatable bonds is 3. The molecule has 8 heteroatoms. The maximum Gasteiger partial charge on any atom is 0.272 e. The first-order chi connectivity index (χ1) is 13.3. The fourth-order valence-electron chi connectivity index (χ4n) is 3.82. The molecule has 0 radical (unpaired) electrons. The number of carbonyl (C=O) groups is 1. The molecule has 3 heterocycles. The van der Waals surface area contributed by atoms with Crippen molar-refractivity contribution in [2.75, 3.05) is 7.05 Å². The van der Waals surface area contributed by atoms with E-state index >= 15 is 0 Å². The predicted molar refractivity (Wildman–Crippen MR) is 104 cm³/mol. The standard InChI is InChI=1S/C20H23N5O3/c1-11-9-14-17(12(2)28-11)23-25(4)18(14)20(27)24(3)10-16-21-15-8-6-5-7-13(15)19(26)22-16/h5-8,11-12H,9-10H2,1-4H3,(H,21,22,26)/t11-,12+/m1/s1. The Morgan fingerprint density at radius 2 is 2.11 bits per heavy atom. The monoisotopic (exact) mass is 381 g/mol. The maximum atomic E-state index is 13.2. The van der Waals surface area contributed by atoms with Gasteiger partial charge in [-0.15, -0.1) is 0 Å². The van der Waals surface area contributed by atoms with Crippen LogP contribution in [-0.4, -0.2) is 43.7 Å². The summed E-state index contributed by atoms with van der Waals surface area (Å²) in [5, 5.41) is 5.03. The Bertz CT molecular complexity index is 1120. The predicted octanol–water partition coefficient (Wildman–Crippen LogP) is 1.95. The second-order valence-electron chi connectivity index (χ2n) is 7.32. The van der Waals surface area contributed by atoms with Gasteiger partial charge in [-0.3, -0.25) is 14.3 Å². The van der Waals surface area contributed by atoms with E-state index in [0.29, 0.717) is 28.8 Å². The quantitative estimate of drug-likeness (QED) is 0.749. The first-order valence-electron chi connectivity index (χ1n) is 9.29. The number of aryl methyl sites for hydroxylation is 1. The van der Waals surface area contributed by atoms with Crippen molar-refractivity contribution in [3.05, 3.63) is 57.4 Å². The van der Waals surface area contributed by atoms with E-state index in [1.807, 2.05) is 19.9 Å². The normalized spacial score (nSPS) is 18.9.